The SMILES string of the molecule is CCOC(=O)C(C)CN1CCCN([SiH3])C1. The zero-order valence-corrected chi connectivity index (χ0v) is 12.0. The van der Waals surface area contributed by atoms with E-state index in [0.717, 1.165) is 30.2 Å². The predicted octanol–water partition coefficient (Wildman–Crippen LogP) is -0.569. The quantitative estimate of drug-likeness (QED) is 0.478. The number of ether oxygens (including phenoxy) is 1. The van der Waals surface area contributed by atoms with Gasteiger partial charge in [0, 0.05) is 19.8 Å². The van der Waals surface area contributed by atoms with Gasteiger partial charge >= 0.3 is 5.97 Å². The number of carbonyl (C=O) groups is 1. The molecule has 1 fully saturated rings. The maximum absolute atomic E-state index is 11.4. The first kappa shape index (κ1) is 12.7. The lowest BCUT2D eigenvalue weighted by atomic mass is 10.1. The minimum Gasteiger partial charge on any atom is -0.466 e. The van der Waals surface area contributed by atoms with Crippen LogP contribution in [0.3, 0.4) is 0 Å². The van der Waals surface area contributed by atoms with Gasteiger partial charge in [-0.3, -0.25) is 9.69 Å². The van der Waals surface area contributed by atoms with Crippen LogP contribution in [0.4, 0.5) is 0 Å². The first-order valence-electron chi connectivity index (χ1n) is 5.71. The second-order valence-electron chi connectivity index (χ2n) is 4.30. The lowest BCUT2D eigenvalue weighted by molar-refractivity contribution is -0.148. The lowest BCUT2D eigenvalue weighted by Gasteiger charge is -2.34. The zero-order chi connectivity index (χ0) is 11.3. The van der Waals surface area contributed by atoms with Crippen LogP contribution < -0.4 is 0 Å². The van der Waals surface area contributed by atoms with Crippen molar-refractivity contribution in [3.05, 3.63) is 0 Å². The van der Waals surface area contributed by atoms with E-state index in [4.69, 9.17) is 4.74 Å². The topological polar surface area (TPSA) is 32.8 Å². The molecule has 0 aromatic heterocycles. The van der Waals surface area contributed by atoms with E-state index in [9.17, 15) is 4.79 Å². The molecule has 1 aliphatic heterocycles. The highest BCUT2D eigenvalue weighted by Gasteiger charge is 2.20. The lowest BCUT2D eigenvalue weighted by Crippen LogP contribution is -2.46. The van der Waals surface area contributed by atoms with E-state index in [-0.39, 0.29) is 11.9 Å². The van der Waals surface area contributed by atoms with E-state index in [0.29, 0.717) is 6.61 Å². The molecule has 0 bridgehead atoms. The number of hydrogen-bond donors (Lipinski definition) is 0. The highest BCUT2D eigenvalue weighted by Crippen LogP contribution is 2.08. The Bertz CT molecular complexity index is 214. The Morgan fingerprint density at radius 1 is 1.53 bits per heavy atom. The fraction of sp³-hybridized carbons (Fsp3) is 0.900. The minimum atomic E-state index is -0.0667. The number of carbonyl (C=O) groups excluding carboxylic acids is 1. The van der Waals surface area contributed by atoms with Crippen LogP contribution in [0.1, 0.15) is 20.3 Å². The van der Waals surface area contributed by atoms with Gasteiger partial charge in [-0.2, -0.15) is 0 Å². The van der Waals surface area contributed by atoms with Gasteiger partial charge in [0.1, 0.15) is 0 Å². The van der Waals surface area contributed by atoms with Crippen molar-refractivity contribution in [2.45, 2.75) is 20.3 Å². The molecule has 1 saturated heterocycles. The van der Waals surface area contributed by atoms with Gasteiger partial charge in [-0.15, -0.1) is 0 Å². The number of nitrogens with zero attached hydrogens (tertiary/aromatic N) is 2. The standard InChI is InChI=1S/C10H22N2O2Si/c1-3-14-10(13)9(2)7-11-5-4-6-12(15)8-11/h9H,3-8H2,1-2,15H3. The fourth-order valence-corrected chi connectivity index (χ4v) is 2.66. The molecule has 15 heavy (non-hydrogen) atoms. The highest BCUT2D eigenvalue weighted by molar-refractivity contribution is 6.04. The van der Waals surface area contributed by atoms with Gasteiger partial charge in [0.2, 0.25) is 0 Å². The van der Waals surface area contributed by atoms with Gasteiger partial charge in [-0.25, -0.2) is 0 Å². The molecule has 0 N–H and O–H groups in total. The first-order chi connectivity index (χ1) is 7.13. The van der Waals surface area contributed by atoms with Crippen molar-refractivity contribution in [2.24, 2.45) is 5.92 Å². The van der Waals surface area contributed by atoms with Crippen LogP contribution >= 0.6 is 0 Å². The zero-order valence-electron chi connectivity index (χ0n) is 10.0. The molecule has 1 rings (SSSR count). The molecule has 0 aromatic rings. The molecule has 0 aliphatic carbocycles. The van der Waals surface area contributed by atoms with Crippen LogP contribution in [0.15, 0.2) is 0 Å². The molecule has 1 heterocycles. The Labute approximate surface area is 95.1 Å². The molecule has 0 saturated carbocycles. The Kier molecular flexibility index (Phi) is 5.28. The van der Waals surface area contributed by atoms with Crippen LogP contribution in [0.2, 0.25) is 0 Å². The first-order valence-corrected chi connectivity index (χ1v) is 6.60. The van der Waals surface area contributed by atoms with E-state index >= 15 is 0 Å². The third kappa shape index (κ3) is 4.32. The van der Waals surface area contributed by atoms with E-state index in [2.05, 4.69) is 9.47 Å². The summed E-state index contributed by atoms with van der Waals surface area (Å²) in [7, 11) is 1.11. The summed E-state index contributed by atoms with van der Waals surface area (Å²) >= 11 is 0. The molecular formula is C10H22N2O2Si. The van der Waals surface area contributed by atoms with Crippen molar-refractivity contribution in [3.63, 3.8) is 0 Å². The van der Waals surface area contributed by atoms with Crippen molar-refractivity contribution >= 4 is 16.4 Å². The molecule has 0 radical (unpaired) electrons. The molecular weight excluding hydrogens is 208 g/mol. The summed E-state index contributed by atoms with van der Waals surface area (Å²) in [4.78, 5) is 13.8. The van der Waals surface area contributed by atoms with Crippen LogP contribution in [-0.2, 0) is 9.53 Å². The third-order valence-corrected chi connectivity index (χ3v) is 3.41. The molecule has 4 nitrogen and oxygen atoms in total. The summed E-state index contributed by atoms with van der Waals surface area (Å²) in [6, 6.07) is 0. The summed E-state index contributed by atoms with van der Waals surface area (Å²) < 4.78 is 7.42. The van der Waals surface area contributed by atoms with Crippen molar-refractivity contribution in [3.8, 4) is 0 Å². The van der Waals surface area contributed by atoms with E-state index in [1.807, 2.05) is 13.8 Å². The van der Waals surface area contributed by atoms with Crippen molar-refractivity contribution < 1.29 is 9.53 Å². The second kappa shape index (κ2) is 6.25. The Balaban J connectivity index is 2.30. The van der Waals surface area contributed by atoms with Crippen LogP contribution in [0.25, 0.3) is 0 Å². The molecule has 0 amide bonds. The Morgan fingerprint density at radius 2 is 2.27 bits per heavy atom. The van der Waals surface area contributed by atoms with Crippen LogP contribution in [0.5, 0.6) is 0 Å². The summed E-state index contributed by atoms with van der Waals surface area (Å²) in [5.74, 6) is -0.0684. The van der Waals surface area contributed by atoms with Gasteiger partial charge in [0.25, 0.3) is 0 Å². The maximum Gasteiger partial charge on any atom is 0.309 e. The van der Waals surface area contributed by atoms with Gasteiger partial charge < -0.3 is 9.30 Å². The number of rotatable bonds is 4. The smallest absolute Gasteiger partial charge is 0.309 e. The molecule has 1 unspecified atom stereocenters. The molecule has 1 aliphatic rings. The summed E-state index contributed by atoms with van der Waals surface area (Å²) in [5, 5.41) is 0. The normalized spacial score (nSPS) is 21.5. The summed E-state index contributed by atoms with van der Waals surface area (Å²) in [6.07, 6.45) is 1.22. The Morgan fingerprint density at radius 3 is 2.87 bits per heavy atom. The minimum absolute atomic E-state index is 0.00174. The number of hydrogen-bond acceptors (Lipinski definition) is 4. The number of esters is 1. The van der Waals surface area contributed by atoms with Gasteiger partial charge in [-0.05, 0) is 19.9 Å². The average molecular weight is 230 g/mol. The van der Waals surface area contributed by atoms with E-state index in [1.165, 1.54) is 13.0 Å². The molecule has 0 aromatic carbocycles. The third-order valence-electron chi connectivity index (χ3n) is 2.68. The second-order valence-corrected chi connectivity index (χ2v) is 5.57. The van der Waals surface area contributed by atoms with Crippen molar-refractivity contribution in [1.82, 2.24) is 9.47 Å². The Hall–Kier alpha value is -0.393. The van der Waals surface area contributed by atoms with Crippen LogP contribution in [0, 0.1) is 5.92 Å². The highest BCUT2D eigenvalue weighted by atomic mass is 28.2. The van der Waals surface area contributed by atoms with Gasteiger partial charge in [0.15, 0.2) is 0 Å². The van der Waals surface area contributed by atoms with Gasteiger partial charge in [-0.1, -0.05) is 6.92 Å². The molecule has 0 spiro atoms. The van der Waals surface area contributed by atoms with E-state index in [1.54, 1.807) is 0 Å². The van der Waals surface area contributed by atoms with Crippen molar-refractivity contribution in [1.29, 1.82) is 0 Å². The van der Waals surface area contributed by atoms with Crippen LogP contribution in [-0.4, -0.2) is 58.7 Å². The monoisotopic (exact) mass is 230 g/mol. The largest absolute Gasteiger partial charge is 0.466 e. The summed E-state index contributed by atoms with van der Waals surface area (Å²) in [5.41, 5.74) is 0. The van der Waals surface area contributed by atoms with E-state index < -0.39 is 0 Å². The predicted molar refractivity (Wildman–Crippen MR) is 63.5 cm³/mol. The van der Waals surface area contributed by atoms with Gasteiger partial charge in [0.05, 0.1) is 22.9 Å². The summed E-state index contributed by atoms with van der Waals surface area (Å²) in [6.45, 7) is 8.47. The molecule has 1 atom stereocenters. The average Bonchev–Trinajstić information content (AvgIpc) is 2.18. The van der Waals surface area contributed by atoms with Crippen molar-refractivity contribution in [2.75, 3.05) is 32.9 Å². The fourth-order valence-electron chi connectivity index (χ4n) is 1.94. The maximum atomic E-state index is 11.4. The molecule has 5 heteroatoms. The molecule has 88 valence electrons.